The van der Waals surface area contributed by atoms with Crippen LogP contribution in [0.1, 0.15) is 22.8 Å². The van der Waals surface area contributed by atoms with E-state index < -0.39 is 0 Å². The van der Waals surface area contributed by atoms with Gasteiger partial charge in [-0.05, 0) is 74.0 Å². The molecular weight excluding hydrogens is 390 g/mol. The molecule has 0 amide bonds. The molecule has 0 radical (unpaired) electrons. The van der Waals surface area contributed by atoms with Gasteiger partial charge in [-0.3, -0.25) is 4.79 Å². The molecule has 0 atom stereocenters. The van der Waals surface area contributed by atoms with Crippen molar-refractivity contribution in [3.8, 4) is 0 Å². The number of hydrogen-bond donors (Lipinski definition) is 0. The molecule has 2 rings (SSSR count). The summed E-state index contributed by atoms with van der Waals surface area (Å²) >= 11 is 8.69. The first kappa shape index (κ1) is 14.8. The molecular formula is C14H13Br2NOS. The predicted molar refractivity (Wildman–Crippen MR) is 88.3 cm³/mol. The zero-order chi connectivity index (χ0) is 14.0. The van der Waals surface area contributed by atoms with E-state index in [4.69, 9.17) is 0 Å². The van der Waals surface area contributed by atoms with Crippen molar-refractivity contribution < 1.29 is 4.79 Å². The van der Waals surface area contributed by atoms with Gasteiger partial charge in [0.1, 0.15) is 0 Å². The molecule has 5 heteroatoms. The average molecular weight is 403 g/mol. The van der Waals surface area contributed by atoms with Crippen LogP contribution in [0.25, 0.3) is 0 Å². The number of carbonyl (C=O) groups excluding carboxylic acids is 1. The fourth-order valence-electron chi connectivity index (χ4n) is 1.82. The first-order valence-corrected chi connectivity index (χ1v) is 8.18. The minimum Gasteiger partial charge on any atom is -0.369 e. The molecule has 1 aromatic carbocycles. The number of anilines is 1. The Hall–Kier alpha value is -0.650. The van der Waals surface area contributed by atoms with E-state index >= 15 is 0 Å². The number of hydrogen-bond acceptors (Lipinski definition) is 3. The van der Waals surface area contributed by atoms with Gasteiger partial charge in [-0.2, -0.15) is 0 Å². The summed E-state index contributed by atoms with van der Waals surface area (Å²) in [4.78, 5) is 13.5. The minimum atomic E-state index is 0.0802. The maximum Gasteiger partial charge on any atom is 0.159 e. The van der Waals surface area contributed by atoms with Gasteiger partial charge in [-0.15, -0.1) is 11.3 Å². The van der Waals surface area contributed by atoms with Crippen LogP contribution in [-0.4, -0.2) is 12.8 Å². The third-order valence-corrected chi connectivity index (χ3v) is 5.00. The molecule has 0 saturated heterocycles. The van der Waals surface area contributed by atoms with Crippen LogP contribution in [0.3, 0.4) is 0 Å². The van der Waals surface area contributed by atoms with Gasteiger partial charge in [0.25, 0.3) is 0 Å². The van der Waals surface area contributed by atoms with Crippen molar-refractivity contribution in [2.45, 2.75) is 13.5 Å². The van der Waals surface area contributed by atoms with Gasteiger partial charge in [0.05, 0.1) is 9.47 Å². The molecule has 19 heavy (non-hydrogen) atoms. The number of halogens is 2. The molecule has 0 bridgehead atoms. The summed E-state index contributed by atoms with van der Waals surface area (Å²) < 4.78 is 2.08. The molecule has 1 aromatic heterocycles. The van der Waals surface area contributed by atoms with Crippen molar-refractivity contribution in [1.29, 1.82) is 0 Å². The fourth-order valence-corrected chi connectivity index (χ4v) is 3.71. The van der Waals surface area contributed by atoms with E-state index in [0.29, 0.717) is 0 Å². The van der Waals surface area contributed by atoms with Crippen LogP contribution in [0.5, 0.6) is 0 Å². The number of ketones is 1. The molecule has 2 nitrogen and oxygen atoms in total. The molecule has 0 aliphatic heterocycles. The van der Waals surface area contributed by atoms with Crippen molar-refractivity contribution in [2.24, 2.45) is 0 Å². The van der Waals surface area contributed by atoms with E-state index in [0.717, 1.165) is 26.1 Å². The first-order valence-electron chi connectivity index (χ1n) is 5.72. The van der Waals surface area contributed by atoms with E-state index in [1.54, 1.807) is 18.3 Å². The zero-order valence-corrected chi connectivity index (χ0v) is 14.6. The fraction of sp³-hybridized carbons (Fsp3) is 0.214. The Morgan fingerprint density at radius 2 is 2.05 bits per heavy atom. The Bertz CT molecular complexity index is 609. The number of nitrogens with zero attached hydrogens (tertiary/aromatic N) is 1. The maximum atomic E-state index is 11.3. The highest BCUT2D eigenvalue weighted by Gasteiger charge is 2.09. The molecule has 0 aliphatic carbocycles. The summed E-state index contributed by atoms with van der Waals surface area (Å²) in [5.41, 5.74) is 3.07. The van der Waals surface area contributed by atoms with E-state index in [-0.39, 0.29) is 5.78 Å². The lowest BCUT2D eigenvalue weighted by molar-refractivity contribution is 0.101. The zero-order valence-electron chi connectivity index (χ0n) is 10.6. The van der Waals surface area contributed by atoms with Crippen molar-refractivity contribution in [1.82, 2.24) is 0 Å². The quantitative estimate of drug-likeness (QED) is 0.662. The highest BCUT2D eigenvalue weighted by atomic mass is 79.9. The molecule has 0 N–H and O–H groups in total. The topological polar surface area (TPSA) is 20.3 Å². The molecule has 0 saturated carbocycles. The standard InChI is InChI=1S/C14H13Br2NOS/c1-9(18)11-3-4-13(12(15)6-11)17(2)7-10-5-14(16)19-8-10/h3-6,8H,7H2,1-2H3. The smallest absolute Gasteiger partial charge is 0.159 e. The van der Waals surface area contributed by atoms with Crippen molar-refractivity contribution in [2.75, 3.05) is 11.9 Å². The third-order valence-electron chi connectivity index (χ3n) is 2.81. The van der Waals surface area contributed by atoms with Crippen LogP contribution < -0.4 is 4.90 Å². The Morgan fingerprint density at radius 3 is 2.58 bits per heavy atom. The molecule has 100 valence electrons. The minimum absolute atomic E-state index is 0.0802. The lowest BCUT2D eigenvalue weighted by atomic mass is 10.1. The van der Waals surface area contributed by atoms with E-state index in [9.17, 15) is 4.79 Å². The summed E-state index contributed by atoms with van der Waals surface area (Å²) in [6.45, 7) is 2.41. The van der Waals surface area contributed by atoms with Crippen LogP contribution in [-0.2, 0) is 6.54 Å². The van der Waals surface area contributed by atoms with Gasteiger partial charge < -0.3 is 4.90 Å². The van der Waals surface area contributed by atoms with Crippen molar-refractivity contribution in [3.63, 3.8) is 0 Å². The second kappa shape index (κ2) is 6.20. The molecule has 1 heterocycles. The van der Waals surface area contributed by atoms with Gasteiger partial charge in [0.2, 0.25) is 0 Å². The second-order valence-corrected chi connectivity index (χ2v) is 7.48. The maximum absolute atomic E-state index is 11.3. The number of thiophene rings is 1. The third kappa shape index (κ3) is 3.68. The summed E-state index contributed by atoms with van der Waals surface area (Å²) in [7, 11) is 2.04. The number of Topliss-reactive ketones (excluding diaryl/α,β-unsaturated/α-hetero) is 1. The van der Waals surface area contributed by atoms with Crippen LogP contribution in [0.2, 0.25) is 0 Å². The van der Waals surface area contributed by atoms with Gasteiger partial charge in [0.15, 0.2) is 5.78 Å². The molecule has 0 unspecified atom stereocenters. The summed E-state index contributed by atoms with van der Waals surface area (Å²) in [5.74, 6) is 0.0802. The van der Waals surface area contributed by atoms with Crippen LogP contribution in [0, 0.1) is 0 Å². The van der Waals surface area contributed by atoms with Crippen LogP contribution in [0.4, 0.5) is 5.69 Å². The van der Waals surface area contributed by atoms with Gasteiger partial charge in [-0.25, -0.2) is 0 Å². The largest absolute Gasteiger partial charge is 0.369 e. The van der Waals surface area contributed by atoms with Gasteiger partial charge in [0, 0.05) is 23.6 Å². The Morgan fingerprint density at radius 1 is 1.32 bits per heavy atom. The number of rotatable bonds is 4. The van der Waals surface area contributed by atoms with Crippen molar-refractivity contribution >= 4 is 54.7 Å². The highest BCUT2D eigenvalue weighted by molar-refractivity contribution is 9.11. The second-order valence-electron chi connectivity index (χ2n) is 4.34. The Kier molecular flexibility index (Phi) is 4.81. The number of benzene rings is 1. The normalized spacial score (nSPS) is 10.5. The lowest BCUT2D eigenvalue weighted by Crippen LogP contribution is -2.16. The monoisotopic (exact) mass is 401 g/mol. The first-order chi connectivity index (χ1) is 8.97. The number of carbonyl (C=O) groups is 1. The van der Waals surface area contributed by atoms with Gasteiger partial charge >= 0.3 is 0 Å². The highest BCUT2D eigenvalue weighted by Crippen LogP contribution is 2.29. The Labute approximate surface area is 133 Å². The van der Waals surface area contributed by atoms with Crippen molar-refractivity contribution in [3.05, 3.63) is 49.0 Å². The SMILES string of the molecule is CC(=O)c1ccc(N(C)Cc2csc(Br)c2)c(Br)c1. The average Bonchev–Trinajstić information content (AvgIpc) is 2.74. The molecule has 0 aliphatic rings. The molecule has 0 spiro atoms. The van der Waals surface area contributed by atoms with E-state index in [1.165, 1.54) is 5.56 Å². The summed E-state index contributed by atoms with van der Waals surface area (Å²) in [5, 5.41) is 2.14. The van der Waals surface area contributed by atoms with E-state index in [1.807, 2.05) is 25.2 Å². The Balaban J connectivity index is 2.19. The van der Waals surface area contributed by atoms with E-state index in [2.05, 4.69) is 48.2 Å². The van der Waals surface area contributed by atoms with Gasteiger partial charge in [-0.1, -0.05) is 0 Å². The molecule has 2 aromatic rings. The lowest BCUT2D eigenvalue weighted by Gasteiger charge is -2.20. The summed E-state index contributed by atoms with van der Waals surface area (Å²) in [6.07, 6.45) is 0. The summed E-state index contributed by atoms with van der Waals surface area (Å²) in [6, 6.07) is 7.83. The van der Waals surface area contributed by atoms with Crippen LogP contribution >= 0.6 is 43.2 Å². The van der Waals surface area contributed by atoms with Crippen LogP contribution in [0.15, 0.2) is 37.9 Å². The predicted octanol–water partition coefficient (Wildman–Crippen LogP) is 5.11. The molecule has 0 fully saturated rings.